The van der Waals surface area contributed by atoms with E-state index in [0.717, 1.165) is 0 Å². The standard InChI is InChI=1S/C29H29NO7/c1-5-36-22-12-7-18(8-13-22)27(31)25-26(19-9-16-23(35-4)24(17-19)37-6-2)30(29(33)28(25)32)20-10-14-21(34-3)15-11-20/h7-17,26,31H,5-6H2,1-4H3/b27-25-. The van der Waals surface area contributed by atoms with Crippen LogP contribution in [0.25, 0.3) is 5.76 Å². The van der Waals surface area contributed by atoms with Gasteiger partial charge < -0.3 is 24.1 Å². The third-order valence-corrected chi connectivity index (χ3v) is 6.04. The molecule has 1 N–H and O–H groups in total. The van der Waals surface area contributed by atoms with Crippen molar-refractivity contribution in [3.05, 3.63) is 83.4 Å². The molecule has 1 unspecified atom stereocenters. The highest BCUT2D eigenvalue weighted by atomic mass is 16.5. The summed E-state index contributed by atoms with van der Waals surface area (Å²) in [6.07, 6.45) is 0. The van der Waals surface area contributed by atoms with E-state index >= 15 is 0 Å². The minimum Gasteiger partial charge on any atom is -0.507 e. The maximum Gasteiger partial charge on any atom is 0.300 e. The number of hydrogen-bond acceptors (Lipinski definition) is 7. The highest BCUT2D eigenvalue weighted by Gasteiger charge is 2.47. The Bertz CT molecular complexity index is 1310. The second kappa shape index (κ2) is 11.1. The molecule has 3 aromatic carbocycles. The molecule has 1 fully saturated rings. The molecule has 1 saturated heterocycles. The van der Waals surface area contributed by atoms with Gasteiger partial charge in [0.15, 0.2) is 11.5 Å². The van der Waals surface area contributed by atoms with E-state index in [1.807, 2.05) is 13.8 Å². The Labute approximate surface area is 215 Å². The number of carbonyl (C=O) groups excluding carboxylic acids is 2. The van der Waals surface area contributed by atoms with Gasteiger partial charge in [-0.3, -0.25) is 14.5 Å². The summed E-state index contributed by atoms with van der Waals surface area (Å²) in [4.78, 5) is 28.2. The molecule has 192 valence electrons. The second-order valence-corrected chi connectivity index (χ2v) is 8.17. The van der Waals surface area contributed by atoms with Crippen LogP contribution < -0.4 is 23.8 Å². The van der Waals surface area contributed by atoms with Gasteiger partial charge in [0.1, 0.15) is 17.3 Å². The first-order valence-corrected chi connectivity index (χ1v) is 11.9. The Balaban J connectivity index is 1.90. The van der Waals surface area contributed by atoms with Crippen LogP contribution in [0.3, 0.4) is 0 Å². The summed E-state index contributed by atoms with van der Waals surface area (Å²) in [5.74, 6) is 0.385. The molecule has 37 heavy (non-hydrogen) atoms. The quantitative estimate of drug-likeness (QED) is 0.246. The maximum absolute atomic E-state index is 13.4. The first-order chi connectivity index (χ1) is 17.9. The van der Waals surface area contributed by atoms with Crippen LogP contribution >= 0.6 is 0 Å². The Hall–Kier alpha value is -4.46. The minimum atomic E-state index is -0.912. The molecule has 8 heteroatoms. The first-order valence-electron chi connectivity index (χ1n) is 11.9. The van der Waals surface area contributed by atoms with Crippen molar-refractivity contribution in [2.75, 3.05) is 32.3 Å². The number of ether oxygens (including phenoxy) is 4. The van der Waals surface area contributed by atoms with Crippen molar-refractivity contribution >= 4 is 23.1 Å². The van der Waals surface area contributed by atoms with Gasteiger partial charge in [0.2, 0.25) is 0 Å². The molecule has 8 nitrogen and oxygen atoms in total. The van der Waals surface area contributed by atoms with Crippen LogP contribution in [0.15, 0.2) is 72.3 Å². The Morgan fingerprint density at radius 2 is 1.46 bits per heavy atom. The minimum absolute atomic E-state index is 0.0300. The van der Waals surface area contributed by atoms with Gasteiger partial charge in [-0.05, 0) is 80.1 Å². The molecule has 1 aliphatic heterocycles. The fourth-order valence-corrected chi connectivity index (χ4v) is 4.32. The molecule has 0 aromatic heterocycles. The Morgan fingerprint density at radius 3 is 2.05 bits per heavy atom. The number of carbonyl (C=O) groups is 2. The first kappa shape index (κ1) is 25.6. The molecule has 0 aliphatic carbocycles. The van der Waals surface area contributed by atoms with Crippen LogP contribution in [-0.2, 0) is 9.59 Å². The summed E-state index contributed by atoms with van der Waals surface area (Å²) < 4.78 is 21.9. The van der Waals surface area contributed by atoms with E-state index in [1.54, 1.807) is 73.8 Å². The van der Waals surface area contributed by atoms with Crippen LogP contribution in [-0.4, -0.2) is 44.2 Å². The number of anilines is 1. The lowest BCUT2D eigenvalue weighted by Crippen LogP contribution is -2.29. The zero-order valence-corrected chi connectivity index (χ0v) is 21.2. The molecule has 1 amide bonds. The molecule has 4 rings (SSSR count). The molecule has 1 atom stereocenters. The summed E-state index contributed by atoms with van der Waals surface area (Å²) >= 11 is 0. The highest BCUT2D eigenvalue weighted by molar-refractivity contribution is 6.51. The van der Waals surface area contributed by atoms with Crippen LogP contribution in [0, 0.1) is 0 Å². The molecule has 0 radical (unpaired) electrons. The third kappa shape index (κ3) is 4.95. The van der Waals surface area contributed by atoms with Gasteiger partial charge >= 0.3 is 0 Å². The summed E-state index contributed by atoms with van der Waals surface area (Å²) in [7, 11) is 3.08. The van der Waals surface area contributed by atoms with Gasteiger partial charge in [0, 0.05) is 11.3 Å². The molecule has 1 heterocycles. The fourth-order valence-electron chi connectivity index (χ4n) is 4.32. The number of hydrogen-bond donors (Lipinski definition) is 1. The van der Waals surface area contributed by atoms with Crippen LogP contribution in [0.5, 0.6) is 23.0 Å². The van der Waals surface area contributed by atoms with Gasteiger partial charge in [-0.25, -0.2) is 0 Å². The van der Waals surface area contributed by atoms with E-state index in [4.69, 9.17) is 18.9 Å². The largest absolute Gasteiger partial charge is 0.507 e. The molecular formula is C29H29NO7. The van der Waals surface area contributed by atoms with Crippen LogP contribution in [0.4, 0.5) is 5.69 Å². The number of ketones is 1. The molecular weight excluding hydrogens is 474 g/mol. The van der Waals surface area contributed by atoms with Gasteiger partial charge in [0.25, 0.3) is 11.7 Å². The van der Waals surface area contributed by atoms with E-state index in [2.05, 4.69) is 0 Å². The molecule has 3 aromatic rings. The van der Waals surface area contributed by atoms with Gasteiger partial charge in [-0.15, -0.1) is 0 Å². The average Bonchev–Trinajstić information content (AvgIpc) is 3.19. The lowest BCUT2D eigenvalue weighted by Gasteiger charge is -2.26. The Morgan fingerprint density at radius 1 is 0.811 bits per heavy atom. The van der Waals surface area contributed by atoms with Crippen molar-refractivity contribution in [1.82, 2.24) is 0 Å². The lowest BCUT2D eigenvalue weighted by atomic mass is 9.94. The number of amides is 1. The van der Waals surface area contributed by atoms with E-state index in [0.29, 0.717) is 53.0 Å². The smallest absolute Gasteiger partial charge is 0.300 e. The predicted octanol–water partition coefficient (Wildman–Crippen LogP) is 5.13. The number of Topliss-reactive ketones (excluding diaryl/α,β-unsaturated/α-hetero) is 1. The zero-order valence-electron chi connectivity index (χ0n) is 21.2. The van der Waals surface area contributed by atoms with Crippen molar-refractivity contribution in [2.45, 2.75) is 19.9 Å². The number of rotatable bonds is 9. The number of nitrogens with zero attached hydrogens (tertiary/aromatic N) is 1. The van der Waals surface area contributed by atoms with Crippen molar-refractivity contribution in [3.63, 3.8) is 0 Å². The number of aliphatic hydroxyl groups excluding tert-OH is 1. The summed E-state index contributed by atoms with van der Waals surface area (Å²) in [5, 5.41) is 11.3. The molecule has 0 bridgehead atoms. The topological polar surface area (TPSA) is 94.5 Å². The zero-order chi connectivity index (χ0) is 26.5. The maximum atomic E-state index is 13.4. The van der Waals surface area contributed by atoms with E-state index in [-0.39, 0.29) is 11.3 Å². The van der Waals surface area contributed by atoms with Crippen molar-refractivity contribution in [2.24, 2.45) is 0 Å². The Kier molecular flexibility index (Phi) is 7.67. The van der Waals surface area contributed by atoms with Crippen molar-refractivity contribution < 1.29 is 33.6 Å². The van der Waals surface area contributed by atoms with Gasteiger partial charge in [0.05, 0.1) is 39.0 Å². The number of aliphatic hydroxyl groups is 1. The van der Waals surface area contributed by atoms with E-state index in [1.165, 1.54) is 12.0 Å². The van der Waals surface area contributed by atoms with Crippen LogP contribution in [0.2, 0.25) is 0 Å². The SMILES string of the molecule is CCOc1ccc(/C(O)=C2/C(=O)C(=O)N(c3ccc(OC)cc3)C2c2ccc(OC)c(OCC)c2)cc1. The van der Waals surface area contributed by atoms with Crippen molar-refractivity contribution in [3.8, 4) is 23.0 Å². The van der Waals surface area contributed by atoms with E-state index in [9.17, 15) is 14.7 Å². The molecule has 0 saturated carbocycles. The predicted molar refractivity (Wildman–Crippen MR) is 140 cm³/mol. The highest BCUT2D eigenvalue weighted by Crippen LogP contribution is 2.44. The van der Waals surface area contributed by atoms with Gasteiger partial charge in [-0.2, -0.15) is 0 Å². The van der Waals surface area contributed by atoms with Crippen LogP contribution in [0.1, 0.15) is 31.0 Å². The van der Waals surface area contributed by atoms with Gasteiger partial charge in [-0.1, -0.05) is 6.07 Å². The number of benzene rings is 3. The average molecular weight is 504 g/mol. The fraction of sp³-hybridized carbons (Fsp3) is 0.241. The van der Waals surface area contributed by atoms with E-state index < -0.39 is 17.7 Å². The summed E-state index contributed by atoms with van der Waals surface area (Å²) in [6.45, 7) is 4.62. The lowest BCUT2D eigenvalue weighted by molar-refractivity contribution is -0.132. The third-order valence-electron chi connectivity index (χ3n) is 6.04. The van der Waals surface area contributed by atoms with Crippen molar-refractivity contribution in [1.29, 1.82) is 0 Å². The number of methoxy groups -OCH3 is 2. The summed E-state index contributed by atoms with van der Waals surface area (Å²) in [6, 6.07) is 17.8. The molecule has 0 spiro atoms. The normalized spacial score (nSPS) is 16.5. The molecule has 1 aliphatic rings. The second-order valence-electron chi connectivity index (χ2n) is 8.17. The summed E-state index contributed by atoms with van der Waals surface area (Å²) in [5.41, 5.74) is 1.41. The monoisotopic (exact) mass is 503 g/mol.